The molecule has 0 saturated heterocycles. The monoisotopic (exact) mass is 432 g/mol. The number of rotatable bonds is 22. The first-order chi connectivity index (χ1) is 14.7. The standard InChI is InChI=1S/C23H44O7/c1-3-29-23(25)30-22(24)17-15-13-11-9-7-5-4-6-8-10-12-14-16-18-27-21-28-20-19-26-2/h3-21H2,1-2H3. The fourth-order valence-corrected chi connectivity index (χ4v) is 3.03. The molecule has 0 bridgehead atoms. The summed E-state index contributed by atoms with van der Waals surface area (Å²) in [5.74, 6) is -0.493. The third kappa shape index (κ3) is 23.1. The van der Waals surface area contributed by atoms with E-state index in [1.54, 1.807) is 14.0 Å². The number of ether oxygens (including phenoxy) is 5. The molecule has 7 nitrogen and oxygen atoms in total. The lowest BCUT2D eigenvalue weighted by atomic mass is 10.0. The maximum absolute atomic E-state index is 11.4. The smallest absolute Gasteiger partial charge is 0.434 e. The van der Waals surface area contributed by atoms with Crippen LogP contribution in [0.25, 0.3) is 0 Å². The number of unbranched alkanes of at least 4 members (excludes halogenated alkanes) is 12. The topological polar surface area (TPSA) is 80.3 Å². The molecule has 7 heteroatoms. The van der Waals surface area contributed by atoms with Gasteiger partial charge in [-0.2, -0.15) is 0 Å². The third-order valence-corrected chi connectivity index (χ3v) is 4.73. The van der Waals surface area contributed by atoms with E-state index in [9.17, 15) is 9.59 Å². The maximum Gasteiger partial charge on any atom is 0.516 e. The summed E-state index contributed by atoms with van der Waals surface area (Å²) in [6.07, 6.45) is 14.9. The predicted molar refractivity (Wildman–Crippen MR) is 116 cm³/mol. The molecular formula is C23H44O7. The Morgan fingerprint density at radius 2 is 1.13 bits per heavy atom. The molecule has 0 saturated carbocycles. The first-order valence-electron chi connectivity index (χ1n) is 11.7. The lowest BCUT2D eigenvalue weighted by Crippen LogP contribution is -2.13. The summed E-state index contributed by atoms with van der Waals surface area (Å²) in [5.41, 5.74) is 0. The first kappa shape index (κ1) is 28.8. The van der Waals surface area contributed by atoms with Crippen LogP contribution in [0, 0.1) is 0 Å². The molecule has 0 aromatic rings. The molecule has 0 spiro atoms. The van der Waals surface area contributed by atoms with Crippen molar-refractivity contribution in [2.75, 3.05) is 40.3 Å². The molecule has 0 aromatic heterocycles. The average molecular weight is 433 g/mol. The summed E-state index contributed by atoms with van der Waals surface area (Å²) in [7, 11) is 1.66. The summed E-state index contributed by atoms with van der Waals surface area (Å²) >= 11 is 0. The van der Waals surface area contributed by atoms with E-state index in [2.05, 4.69) is 9.47 Å². The quantitative estimate of drug-likeness (QED) is 0.0927. The van der Waals surface area contributed by atoms with Crippen molar-refractivity contribution in [3.8, 4) is 0 Å². The van der Waals surface area contributed by atoms with Crippen LogP contribution >= 0.6 is 0 Å². The third-order valence-electron chi connectivity index (χ3n) is 4.73. The molecule has 0 fully saturated rings. The zero-order valence-corrected chi connectivity index (χ0v) is 19.3. The molecule has 0 aliphatic rings. The Hall–Kier alpha value is -1.18. The molecule has 0 aliphatic heterocycles. The predicted octanol–water partition coefficient (Wildman–Crippen LogP) is 5.78. The van der Waals surface area contributed by atoms with Crippen LogP contribution in [0.1, 0.15) is 96.8 Å². The van der Waals surface area contributed by atoms with Crippen molar-refractivity contribution in [1.29, 1.82) is 0 Å². The van der Waals surface area contributed by atoms with Crippen molar-refractivity contribution in [2.45, 2.75) is 96.8 Å². The second-order valence-electron chi connectivity index (χ2n) is 7.43. The van der Waals surface area contributed by atoms with Gasteiger partial charge in [-0.1, -0.05) is 70.6 Å². The fourth-order valence-electron chi connectivity index (χ4n) is 3.03. The Bertz CT molecular complexity index is 388. The lowest BCUT2D eigenvalue weighted by Gasteiger charge is -2.05. The van der Waals surface area contributed by atoms with E-state index >= 15 is 0 Å². The molecule has 0 atom stereocenters. The normalized spacial score (nSPS) is 10.9. The molecule has 0 radical (unpaired) electrons. The van der Waals surface area contributed by atoms with Gasteiger partial charge in [-0.05, 0) is 19.8 Å². The van der Waals surface area contributed by atoms with Crippen LogP contribution in [0.3, 0.4) is 0 Å². The molecule has 0 aliphatic carbocycles. The van der Waals surface area contributed by atoms with Crippen LogP contribution < -0.4 is 0 Å². The highest BCUT2D eigenvalue weighted by molar-refractivity contribution is 5.81. The van der Waals surface area contributed by atoms with E-state index in [1.807, 2.05) is 0 Å². The molecular weight excluding hydrogens is 388 g/mol. The van der Waals surface area contributed by atoms with Crippen molar-refractivity contribution in [3.05, 3.63) is 0 Å². The van der Waals surface area contributed by atoms with Crippen LogP contribution in [-0.2, 0) is 28.5 Å². The molecule has 0 aromatic carbocycles. The van der Waals surface area contributed by atoms with E-state index in [4.69, 9.17) is 14.2 Å². The van der Waals surface area contributed by atoms with Gasteiger partial charge in [0.1, 0.15) is 6.79 Å². The first-order valence-corrected chi connectivity index (χ1v) is 11.7. The number of hydrogen-bond acceptors (Lipinski definition) is 7. The van der Waals surface area contributed by atoms with Crippen molar-refractivity contribution in [2.24, 2.45) is 0 Å². The van der Waals surface area contributed by atoms with Crippen LogP contribution in [0.4, 0.5) is 4.79 Å². The van der Waals surface area contributed by atoms with Gasteiger partial charge < -0.3 is 23.7 Å². The Balaban J connectivity index is 3.13. The Morgan fingerprint density at radius 3 is 1.67 bits per heavy atom. The Kier molecular flexibility index (Phi) is 23.1. The van der Waals surface area contributed by atoms with Crippen molar-refractivity contribution in [3.63, 3.8) is 0 Å². The van der Waals surface area contributed by atoms with Gasteiger partial charge in [-0.25, -0.2) is 4.79 Å². The van der Waals surface area contributed by atoms with Gasteiger partial charge in [-0.15, -0.1) is 0 Å². The highest BCUT2D eigenvalue weighted by Crippen LogP contribution is 2.13. The van der Waals surface area contributed by atoms with Gasteiger partial charge in [-0.3, -0.25) is 4.79 Å². The van der Waals surface area contributed by atoms with Crippen LogP contribution in [0.2, 0.25) is 0 Å². The van der Waals surface area contributed by atoms with Gasteiger partial charge >= 0.3 is 12.1 Å². The summed E-state index contributed by atoms with van der Waals surface area (Å²) < 4.78 is 24.6. The van der Waals surface area contributed by atoms with Crippen molar-refractivity contribution < 1.29 is 33.3 Å². The minimum atomic E-state index is -0.893. The van der Waals surface area contributed by atoms with Gasteiger partial charge in [0.15, 0.2) is 0 Å². The Morgan fingerprint density at radius 1 is 0.633 bits per heavy atom. The summed E-state index contributed by atoms with van der Waals surface area (Å²) in [5, 5.41) is 0. The molecule has 0 heterocycles. The lowest BCUT2D eigenvalue weighted by molar-refractivity contribution is -0.139. The number of esters is 1. The van der Waals surface area contributed by atoms with Gasteiger partial charge in [0.25, 0.3) is 0 Å². The molecule has 178 valence electrons. The Labute approximate surface area is 183 Å². The second-order valence-corrected chi connectivity index (χ2v) is 7.43. The van der Waals surface area contributed by atoms with Crippen molar-refractivity contribution in [1.82, 2.24) is 0 Å². The SMILES string of the molecule is CCOC(=O)OC(=O)CCCCCCCCCCCCCCCOCOCCOC. The van der Waals surface area contributed by atoms with Crippen LogP contribution in [0.15, 0.2) is 0 Å². The number of hydrogen-bond donors (Lipinski definition) is 0. The molecule has 0 N–H and O–H groups in total. The summed E-state index contributed by atoms with van der Waals surface area (Å²) in [6.45, 7) is 4.24. The van der Waals surface area contributed by atoms with Gasteiger partial charge in [0, 0.05) is 20.1 Å². The molecule has 0 amide bonds. The highest BCUT2D eigenvalue weighted by atomic mass is 16.7. The van der Waals surface area contributed by atoms with Crippen LogP contribution in [0.5, 0.6) is 0 Å². The zero-order valence-electron chi connectivity index (χ0n) is 19.3. The van der Waals surface area contributed by atoms with Crippen molar-refractivity contribution >= 4 is 12.1 Å². The summed E-state index contributed by atoms with van der Waals surface area (Å²) in [4.78, 5) is 22.4. The van der Waals surface area contributed by atoms with E-state index in [0.717, 1.165) is 32.3 Å². The maximum atomic E-state index is 11.4. The number of carbonyl (C=O) groups excluding carboxylic acids is 2. The van der Waals surface area contributed by atoms with Gasteiger partial charge in [0.05, 0.1) is 19.8 Å². The molecule has 0 unspecified atom stereocenters. The zero-order chi connectivity index (χ0) is 22.1. The van der Waals surface area contributed by atoms with E-state index in [0.29, 0.717) is 20.0 Å². The second kappa shape index (κ2) is 24.1. The minimum absolute atomic E-state index is 0.216. The minimum Gasteiger partial charge on any atom is -0.434 e. The van der Waals surface area contributed by atoms with E-state index < -0.39 is 12.1 Å². The summed E-state index contributed by atoms with van der Waals surface area (Å²) in [6, 6.07) is 0. The fraction of sp³-hybridized carbons (Fsp3) is 0.913. The van der Waals surface area contributed by atoms with E-state index in [1.165, 1.54) is 57.8 Å². The number of methoxy groups -OCH3 is 1. The molecule has 0 rings (SSSR count). The average Bonchev–Trinajstić information content (AvgIpc) is 2.72. The number of carbonyl (C=O) groups is 2. The highest BCUT2D eigenvalue weighted by Gasteiger charge is 2.10. The van der Waals surface area contributed by atoms with Crippen LogP contribution in [-0.4, -0.2) is 52.5 Å². The largest absolute Gasteiger partial charge is 0.516 e. The van der Waals surface area contributed by atoms with Gasteiger partial charge in [0.2, 0.25) is 0 Å². The molecule has 30 heavy (non-hydrogen) atoms. The van der Waals surface area contributed by atoms with E-state index in [-0.39, 0.29) is 13.0 Å².